The van der Waals surface area contributed by atoms with Crippen molar-refractivity contribution in [2.45, 2.75) is 18.9 Å². The maximum Gasteiger partial charge on any atom is 0.224 e. The van der Waals surface area contributed by atoms with Crippen molar-refractivity contribution in [3.05, 3.63) is 12.3 Å². The Morgan fingerprint density at radius 2 is 2.47 bits per heavy atom. The summed E-state index contributed by atoms with van der Waals surface area (Å²) >= 11 is 0. The lowest BCUT2D eigenvalue weighted by Crippen LogP contribution is -2.30. The van der Waals surface area contributed by atoms with Crippen molar-refractivity contribution in [3.8, 4) is 0 Å². The second kappa shape index (κ2) is 4.93. The largest absolute Gasteiger partial charge is 0.379 e. The van der Waals surface area contributed by atoms with E-state index in [9.17, 15) is 0 Å². The van der Waals surface area contributed by atoms with Crippen LogP contribution in [-0.4, -0.2) is 36.3 Å². The highest BCUT2D eigenvalue weighted by molar-refractivity contribution is 5.40. The highest BCUT2D eigenvalue weighted by atomic mass is 16.5. The molecule has 0 aliphatic carbocycles. The molecule has 0 aromatic carbocycles. The molecule has 1 fully saturated rings. The van der Waals surface area contributed by atoms with Gasteiger partial charge in [0.25, 0.3) is 0 Å². The number of hydrogen-bond acceptors (Lipinski definition) is 5. The van der Waals surface area contributed by atoms with Crippen LogP contribution in [0.1, 0.15) is 12.8 Å². The van der Waals surface area contributed by atoms with Crippen LogP contribution in [0.15, 0.2) is 12.3 Å². The molecular weight excluding hydrogens is 192 g/mol. The number of aromatic nitrogens is 2. The molecule has 0 radical (unpaired) electrons. The molecular formula is C10H16N4O. The van der Waals surface area contributed by atoms with Crippen molar-refractivity contribution in [1.82, 2.24) is 9.97 Å². The molecule has 1 unspecified atom stereocenters. The van der Waals surface area contributed by atoms with Gasteiger partial charge in [-0.05, 0) is 18.9 Å². The minimum Gasteiger partial charge on any atom is -0.379 e. The van der Waals surface area contributed by atoms with Crippen molar-refractivity contribution >= 4 is 11.8 Å². The summed E-state index contributed by atoms with van der Waals surface area (Å²) in [7, 11) is 1.81. The van der Waals surface area contributed by atoms with Crippen LogP contribution >= 0.6 is 0 Å². The topological polar surface area (TPSA) is 59.1 Å². The molecule has 1 aromatic rings. The van der Waals surface area contributed by atoms with Gasteiger partial charge in [-0.1, -0.05) is 0 Å². The van der Waals surface area contributed by atoms with Crippen LogP contribution in [-0.2, 0) is 4.74 Å². The van der Waals surface area contributed by atoms with Crippen LogP contribution in [0.4, 0.5) is 11.8 Å². The first-order chi connectivity index (χ1) is 7.38. The van der Waals surface area contributed by atoms with Crippen molar-refractivity contribution in [2.24, 2.45) is 0 Å². The summed E-state index contributed by atoms with van der Waals surface area (Å²) in [5.41, 5.74) is 0. The van der Waals surface area contributed by atoms with Crippen LogP contribution < -0.4 is 10.6 Å². The van der Waals surface area contributed by atoms with Gasteiger partial charge in [-0.3, -0.25) is 0 Å². The zero-order valence-corrected chi connectivity index (χ0v) is 8.86. The molecule has 1 aromatic heterocycles. The first kappa shape index (κ1) is 10.2. The molecule has 82 valence electrons. The predicted molar refractivity (Wildman–Crippen MR) is 59.0 cm³/mol. The summed E-state index contributed by atoms with van der Waals surface area (Å²) < 4.78 is 5.39. The quantitative estimate of drug-likeness (QED) is 0.779. The average molecular weight is 208 g/mol. The predicted octanol–water partition coefficient (Wildman–Crippen LogP) is 1.11. The molecule has 2 N–H and O–H groups in total. The van der Waals surface area contributed by atoms with E-state index in [2.05, 4.69) is 20.6 Å². The van der Waals surface area contributed by atoms with E-state index in [1.165, 1.54) is 0 Å². The molecule has 1 aliphatic heterocycles. The highest BCUT2D eigenvalue weighted by Crippen LogP contribution is 2.12. The van der Waals surface area contributed by atoms with E-state index < -0.39 is 0 Å². The highest BCUT2D eigenvalue weighted by Gasteiger charge is 2.13. The standard InChI is InChI=1S/C10H16N4O/c1-11-10-12-5-4-9(14-10)13-8-3-2-6-15-7-8/h4-5,8H,2-3,6-7H2,1H3,(H2,11,12,13,14). The lowest BCUT2D eigenvalue weighted by Gasteiger charge is -2.23. The molecule has 2 heterocycles. The van der Waals surface area contributed by atoms with Gasteiger partial charge in [0.15, 0.2) is 0 Å². The molecule has 1 atom stereocenters. The summed E-state index contributed by atoms with van der Waals surface area (Å²) in [5.74, 6) is 1.49. The normalized spacial score (nSPS) is 21.0. The van der Waals surface area contributed by atoms with Crippen LogP contribution in [0.3, 0.4) is 0 Å². The van der Waals surface area contributed by atoms with Crippen LogP contribution in [0, 0.1) is 0 Å². The van der Waals surface area contributed by atoms with Crippen molar-refractivity contribution in [2.75, 3.05) is 30.9 Å². The van der Waals surface area contributed by atoms with Gasteiger partial charge in [-0.25, -0.2) is 4.98 Å². The van der Waals surface area contributed by atoms with Gasteiger partial charge >= 0.3 is 0 Å². The first-order valence-corrected chi connectivity index (χ1v) is 5.23. The van der Waals surface area contributed by atoms with Crippen molar-refractivity contribution in [3.63, 3.8) is 0 Å². The summed E-state index contributed by atoms with van der Waals surface area (Å²) in [6.07, 6.45) is 3.99. The zero-order valence-electron chi connectivity index (χ0n) is 8.86. The minimum absolute atomic E-state index is 0.373. The molecule has 5 heteroatoms. The minimum atomic E-state index is 0.373. The molecule has 0 spiro atoms. The Bertz CT molecular complexity index is 312. The third-order valence-electron chi connectivity index (χ3n) is 2.39. The van der Waals surface area contributed by atoms with Crippen molar-refractivity contribution < 1.29 is 4.74 Å². The smallest absolute Gasteiger partial charge is 0.224 e. The van der Waals surface area contributed by atoms with E-state index in [0.717, 1.165) is 31.9 Å². The van der Waals surface area contributed by atoms with Gasteiger partial charge < -0.3 is 15.4 Å². The third-order valence-corrected chi connectivity index (χ3v) is 2.39. The Labute approximate surface area is 89.3 Å². The Hall–Kier alpha value is -1.36. The first-order valence-electron chi connectivity index (χ1n) is 5.23. The molecule has 2 rings (SSSR count). The summed E-state index contributed by atoms with van der Waals surface area (Å²) in [6.45, 7) is 1.64. The number of hydrogen-bond donors (Lipinski definition) is 2. The van der Waals surface area contributed by atoms with Crippen LogP contribution in [0.2, 0.25) is 0 Å². The second-order valence-electron chi connectivity index (χ2n) is 3.57. The SMILES string of the molecule is CNc1nccc(NC2CCCOC2)n1. The number of nitrogens with one attached hydrogen (secondary N) is 2. The van der Waals surface area contributed by atoms with E-state index in [1.807, 2.05) is 13.1 Å². The Morgan fingerprint density at radius 3 is 3.20 bits per heavy atom. The molecule has 0 saturated carbocycles. The zero-order chi connectivity index (χ0) is 10.5. The number of nitrogens with zero attached hydrogens (tertiary/aromatic N) is 2. The molecule has 0 amide bonds. The molecule has 1 saturated heterocycles. The number of rotatable bonds is 3. The van der Waals surface area contributed by atoms with Gasteiger partial charge in [0.1, 0.15) is 5.82 Å². The lowest BCUT2D eigenvalue weighted by atomic mass is 10.1. The van der Waals surface area contributed by atoms with E-state index >= 15 is 0 Å². The Balaban J connectivity index is 1.96. The number of anilines is 2. The Kier molecular flexibility index (Phi) is 3.34. The van der Waals surface area contributed by atoms with E-state index in [4.69, 9.17) is 4.74 Å². The van der Waals surface area contributed by atoms with Gasteiger partial charge in [0.2, 0.25) is 5.95 Å². The fourth-order valence-electron chi connectivity index (χ4n) is 1.62. The third kappa shape index (κ3) is 2.79. The van der Waals surface area contributed by atoms with Gasteiger partial charge in [0.05, 0.1) is 12.6 Å². The van der Waals surface area contributed by atoms with Gasteiger partial charge in [-0.2, -0.15) is 4.98 Å². The summed E-state index contributed by atoms with van der Waals surface area (Å²) in [4.78, 5) is 8.35. The van der Waals surface area contributed by atoms with E-state index in [0.29, 0.717) is 12.0 Å². The molecule has 5 nitrogen and oxygen atoms in total. The second-order valence-corrected chi connectivity index (χ2v) is 3.57. The average Bonchev–Trinajstić information content (AvgIpc) is 2.31. The number of ether oxygens (including phenoxy) is 1. The lowest BCUT2D eigenvalue weighted by molar-refractivity contribution is 0.0875. The summed E-state index contributed by atoms with van der Waals surface area (Å²) in [5, 5.41) is 6.25. The Morgan fingerprint density at radius 1 is 1.53 bits per heavy atom. The van der Waals surface area contributed by atoms with Crippen LogP contribution in [0.25, 0.3) is 0 Å². The molecule has 0 bridgehead atoms. The fourth-order valence-corrected chi connectivity index (χ4v) is 1.62. The van der Waals surface area contributed by atoms with Crippen molar-refractivity contribution in [1.29, 1.82) is 0 Å². The van der Waals surface area contributed by atoms with Gasteiger partial charge in [0, 0.05) is 19.9 Å². The van der Waals surface area contributed by atoms with Crippen LogP contribution in [0.5, 0.6) is 0 Å². The molecule has 15 heavy (non-hydrogen) atoms. The molecule has 1 aliphatic rings. The fraction of sp³-hybridized carbons (Fsp3) is 0.600. The van der Waals surface area contributed by atoms with E-state index in [1.54, 1.807) is 6.20 Å². The maximum atomic E-state index is 5.39. The summed E-state index contributed by atoms with van der Waals surface area (Å²) in [6, 6.07) is 2.24. The monoisotopic (exact) mass is 208 g/mol. The van der Waals surface area contributed by atoms with Gasteiger partial charge in [-0.15, -0.1) is 0 Å². The van der Waals surface area contributed by atoms with E-state index in [-0.39, 0.29) is 0 Å². The maximum absolute atomic E-state index is 5.39.